The van der Waals surface area contributed by atoms with Gasteiger partial charge in [0.05, 0.1) is 17.9 Å². The maximum atomic E-state index is 5.73. The molecular weight excluding hydrogens is 210 g/mol. The van der Waals surface area contributed by atoms with Crippen LogP contribution in [0.4, 0.5) is 5.69 Å². The normalized spacial score (nSPS) is 22.2. The van der Waals surface area contributed by atoms with E-state index in [0.717, 1.165) is 25.2 Å². The lowest BCUT2D eigenvalue weighted by Crippen LogP contribution is -2.32. The van der Waals surface area contributed by atoms with E-state index in [4.69, 9.17) is 5.14 Å². The summed E-state index contributed by atoms with van der Waals surface area (Å²) in [6.07, 6.45) is 5.02. The SMILES string of the molecule is CN1CCC(N(SN)c2cnn(C)c2)C1. The maximum absolute atomic E-state index is 5.73. The van der Waals surface area contributed by atoms with E-state index in [1.54, 1.807) is 4.68 Å². The zero-order valence-corrected chi connectivity index (χ0v) is 9.94. The second-order valence-corrected chi connectivity index (χ2v) is 4.61. The molecular formula is C9H17N5S. The van der Waals surface area contributed by atoms with Crippen molar-refractivity contribution in [2.75, 3.05) is 24.4 Å². The number of nitrogens with two attached hydrogens (primary N) is 1. The highest BCUT2D eigenvalue weighted by molar-refractivity contribution is 7.98. The van der Waals surface area contributed by atoms with Gasteiger partial charge < -0.3 is 4.90 Å². The molecule has 2 rings (SSSR count). The van der Waals surface area contributed by atoms with Crippen LogP contribution in [0.25, 0.3) is 0 Å². The zero-order chi connectivity index (χ0) is 10.8. The number of anilines is 1. The van der Waals surface area contributed by atoms with E-state index in [1.165, 1.54) is 12.1 Å². The molecule has 2 heterocycles. The molecule has 15 heavy (non-hydrogen) atoms. The highest BCUT2D eigenvalue weighted by atomic mass is 32.2. The molecule has 0 aromatic carbocycles. The molecule has 1 fully saturated rings. The largest absolute Gasteiger partial charge is 0.304 e. The standard InChI is InChI=1S/C9H17N5S/c1-12-4-3-8(6-12)14(15-10)9-5-11-13(2)7-9/h5,7-8H,3-4,6,10H2,1-2H3. The van der Waals surface area contributed by atoms with Crippen molar-refractivity contribution >= 4 is 17.8 Å². The first-order valence-corrected chi connectivity index (χ1v) is 5.87. The predicted octanol–water partition coefficient (Wildman–Crippen LogP) is 0.452. The van der Waals surface area contributed by atoms with Gasteiger partial charge in [-0.3, -0.25) is 14.1 Å². The Morgan fingerprint density at radius 1 is 1.60 bits per heavy atom. The summed E-state index contributed by atoms with van der Waals surface area (Å²) in [4.78, 5) is 2.32. The molecule has 1 aliphatic heterocycles. The van der Waals surface area contributed by atoms with Crippen LogP contribution < -0.4 is 9.44 Å². The van der Waals surface area contributed by atoms with Crippen molar-refractivity contribution in [2.45, 2.75) is 12.5 Å². The van der Waals surface area contributed by atoms with Gasteiger partial charge >= 0.3 is 0 Å². The Morgan fingerprint density at radius 3 is 2.87 bits per heavy atom. The Labute approximate surface area is 94.5 Å². The first-order valence-electron chi connectivity index (χ1n) is 5.04. The number of likely N-dealkylation sites (N-methyl/N-ethyl adjacent to an activating group) is 1. The minimum Gasteiger partial charge on any atom is -0.304 e. The zero-order valence-electron chi connectivity index (χ0n) is 9.13. The van der Waals surface area contributed by atoms with E-state index in [9.17, 15) is 0 Å². The Hall–Kier alpha value is -0.720. The summed E-state index contributed by atoms with van der Waals surface area (Å²) in [6, 6.07) is 0.495. The van der Waals surface area contributed by atoms with Crippen molar-refractivity contribution in [3.05, 3.63) is 12.4 Å². The summed E-state index contributed by atoms with van der Waals surface area (Å²) in [5.74, 6) is 0. The minimum atomic E-state index is 0.495. The summed E-state index contributed by atoms with van der Waals surface area (Å²) < 4.78 is 3.95. The minimum absolute atomic E-state index is 0.495. The van der Waals surface area contributed by atoms with Gasteiger partial charge in [0.15, 0.2) is 0 Å². The monoisotopic (exact) mass is 227 g/mol. The first-order chi connectivity index (χ1) is 7.20. The lowest BCUT2D eigenvalue weighted by atomic mass is 10.2. The van der Waals surface area contributed by atoms with Crippen molar-refractivity contribution in [1.82, 2.24) is 14.7 Å². The van der Waals surface area contributed by atoms with Crippen LogP contribution in [0.3, 0.4) is 0 Å². The van der Waals surface area contributed by atoms with Gasteiger partial charge in [0, 0.05) is 31.9 Å². The molecule has 84 valence electrons. The van der Waals surface area contributed by atoms with Gasteiger partial charge in [-0.05, 0) is 20.0 Å². The first kappa shape index (κ1) is 10.8. The number of rotatable bonds is 3. The molecule has 0 radical (unpaired) electrons. The van der Waals surface area contributed by atoms with Crippen LogP contribution in [-0.2, 0) is 7.05 Å². The molecule has 1 aromatic heterocycles. The van der Waals surface area contributed by atoms with E-state index in [0.29, 0.717) is 6.04 Å². The number of likely N-dealkylation sites (tertiary alicyclic amines) is 1. The maximum Gasteiger partial charge on any atom is 0.0865 e. The molecule has 1 atom stereocenters. The average Bonchev–Trinajstić information content (AvgIpc) is 2.78. The van der Waals surface area contributed by atoms with Crippen LogP contribution in [0.1, 0.15) is 6.42 Å². The summed E-state index contributed by atoms with van der Waals surface area (Å²) >= 11 is 1.29. The van der Waals surface area contributed by atoms with Crippen molar-refractivity contribution < 1.29 is 0 Å². The Bertz CT molecular complexity index is 326. The van der Waals surface area contributed by atoms with E-state index in [2.05, 4.69) is 21.4 Å². The fraction of sp³-hybridized carbons (Fsp3) is 0.667. The van der Waals surface area contributed by atoms with Crippen LogP contribution in [0, 0.1) is 0 Å². The molecule has 1 unspecified atom stereocenters. The van der Waals surface area contributed by atoms with E-state index in [1.807, 2.05) is 19.4 Å². The molecule has 0 amide bonds. The molecule has 0 saturated carbocycles. The van der Waals surface area contributed by atoms with Gasteiger partial charge in [-0.15, -0.1) is 0 Å². The number of nitrogens with zero attached hydrogens (tertiary/aromatic N) is 4. The van der Waals surface area contributed by atoms with Gasteiger partial charge in [-0.2, -0.15) is 5.10 Å². The van der Waals surface area contributed by atoms with E-state index in [-0.39, 0.29) is 0 Å². The lowest BCUT2D eigenvalue weighted by Gasteiger charge is -2.25. The smallest absolute Gasteiger partial charge is 0.0865 e. The van der Waals surface area contributed by atoms with Crippen LogP contribution in [0.2, 0.25) is 0 Å². The van der Waals surface area contributed by atoms with Gasteiger partial charge in [0.25, 0.3) is 0 Å². The van der Waals surface area contributed by atoms with Crippen LogP contribution in [0.15, 0.2) is 12.4 Å². The summed E-state index contributed by atoms with van der Waals surface area (Å²) in [5.41, 5.74) is 1.09. The van der Waals surface area contributed by atoms with Crippen LogP contribution >= 0.6 is 12.1 Å². The van der Waals surface area contributed by atoms with Crippen LogP contribution in [0.5, 0.6) is 0 Å². The molecule has 1 saturated heterocycles. The van der Waals surface area contributed by atoms with E-state index >= 15 is 0 Å². The molecule has 2 N–H and O–H groups in total. The lowest BCUT2D eigenvalue weighted by molar-refractivity contribution is 0.412. The van der Waals surface area contributed by atoms with Gasteiger partial charge in [0.2, 0.25) is 0 Å². The Balaban J connectivity index is 2.10. The molecule has 6 heteroatoms. The number of hydrogen-bond donors (Lipinski definition) is 1. The third-order valence-corrected chi connectivity index (χ3v) is 3.49. The second-order valence-electron chi connectivity index (χ2n) is 4.01. The number of hydrogen-bond acceptors (Lipinski definition) is 5. The molecule has 1 aromatic rings. The Kier molecular flexibility index (Phi) is 3.18. The predicted molar refractivity (Wildman–Crippen MR) is 63.4 cm³/mol. The van der Waals surface area contributed by atoms with Gasteiger partial charge in [-0.25, -0.2) is 0 Å². The number of aromatic nitrogens is 2. The molecule has 0 aliphatic carbocycles. The molecule has 0 bridgehead atoms. The van der Waals surface area contributed by atoms with Crippen LogP contribution in [-0.4, -0.2) is 40.9 Å². The highest BCUT2D eigenvalue weighted by Gasteiger charge is 2.26. The van der Waals surface area contributed by atoms with Crippen molar-refractivity contribution in [3.63, 3.8) is 0 Å². The van der Waals surface area contributed by atoms with Crippen molar-refractivity contribution in [2.24, 2.45) is 12.2 Å². The highest BCUT2D eigenvalue weighted by Crippen LogP contribution is 2.26. The fourth-order valence-electron chi connectivity index (χ4n) is 1.98. The summed E-state index contributed by atoms with van der Waals surface area (Å²) in [6.45, 7) is 2.21. The molecule has 0 spiro atoms. The average molecular weight is 227 g/mol. The van der Waals surface area contributed by atoms with Gasteiger partial charge in [0.1, 0.15) is 0 Å². The molecule has 5 nitrogen and oxygen atoms in total. The Morgan fingerprint density at radius 2 is 2.40 bits per heavy atom. The summed E-state index contributed by atoms with van der Waals surface area (Å²) in [7, 11) is 4.06. The third-order valence-electron chi connectivity index (χ3n) is 2.76. The number of aryl methyl sites for hydroxylation is 1. The second kappa shape index (κ2) is 4.42. The molecule has 1 aliphatic rings. The third kappa shape index (κ3) is 2.27. The topological polar surface area (TPSA) is 50.3 Å². The van der Waals surface area contributed by atoms with Crippen molar-refractivity contribution in [3.8, 4) is 0 Å². The summed E-state index contributed by atoms with van der Waals surface area (Å²) in [5, 5.41) is 9.89. The quantitative estimate of drug-likeness (QED) is 0.760. The van der Waals surface area contributed by atoms with E-state index < -0.39 is 0 Å². The van der Waals surface area contributed by atoms with Crippen molar-refractivity contribution in [1.29, 1.82) is 0 Å². The fourth-order valence-corrected chi connectivity index (χ4v) is 2.54. The van der Waals surface area contributed by atoms with Gasteiger partial charge in [-0.1, -0.05) is 0 Å².